The van der Waals surface area contributed by atoms with E-state index in [-0.39, 0.29) is 60.4 Å². The van der Waals surface area contributed by atoms with Crippen LogP contribution in [0.5, 0.6) is 0 Å². The average molecular weight is 476 g/mol. The highest BCUT2D eigenvalue weighted by molar-refractivity contribution is 5.98. The van der Waals surface area contributed by atoms with E-state index >= 15 is 0 Å². The number of amides is 2. The van der Waals surface area contributed by atoms with Crippen molar-refractivity contribution in [3.8, 4) is 0 Å². The van der Waals surface area contributed by atoms with Gasteiger partial charge in [-0.25, -0.2) is 9.37 Å². The number of aromatic nitrogens is 4. The minimum Gasteiger partial charge on any atom is -0.330 e. The Hall–Kier alpha value is -3.31. The highest BCUT2D eigenvalue weighted by atomic mass is 35.5. The molecule has 2 amide bonds. The van der Waals surface area contributed by atoms with Crippen molar-refractivity contribution < 1.29 is 14.0 Å². The van der Waals surface area contributed by atoms with Crippen LogP contribution >= 0.6 is 12.4 Å². The maximum Gasteiger partial charge on any atom is 0.280 e. The van der Waals surface area contributed by atoms with Gasteiger partial charge in [-0.3, -0.25) is 14.4 Å². The Morgan fingerprint density at radius 1 is 1.30 bits per heavy atom. The molecule has 0 spiro atoms. The molecule has 12 heteroatoms. The lowest BCUT2D eigenvalue weighted by molar-refractivity contribution is -0.116. The van der Waals surface area contributed by atoms with Crippen molar-refractivity contribution in [2.24, 2.45) is 0 Å². The Kier molecular flexibility index (Phi) is 5.93. The minimum absolute atomic E-state index is 0. The quantitative estimate of drug-likeness (QED) is 0.572. The van der Waals surface area contributed by atoms with E-state index in [0.717, 1.165) is 25.0 Å². The number of nitrogens with zero attached hydrogens (tertiary/aromatic N) is 5. The van der Waals surface area contributed by atoms with Gasteiger partial charge >= 0.3 is 0 Å². The van der Waals surface area contributed by atoms with Gasteiger partial charge < -0.3 is 20.1 Å². The SMILES string of the molecule is CC(C)N1Cc2c(n(CC(=O)Nc3ccc(F)cn3)c3cc(C4CNC4)nn3c2=O)C1=O.Cl. The number of hydrogen-bond donors (Lipinski definition) is 2. The number of halogens is 2. The molecule has 0 unspecified atom stereocenters. The van der Waals surface area contributed by atoms with Gasteiger partial charge in [-0.2, -0.15) is 9.61 Å². The van der Waals surface area contributed by atoms with Gasteiger partial charge in [-0.05, 0) is 26.0 Å². The summed E-state index contributed by atoms with van der Waals surface area (Å²) in [6.45, 7) is 5.21. The fraction of sp³-hybridized carbons (Fsp3) is 0.381. The largest absolute Gasteiger partial charge is 0.330 e. The van der Waals surface area contributed by atoms with E-state index in [1.54, 1.807) is 15.5 Å². The first kappa shape index (κ1) is 22.9. The van der Waals surface area contributed by atoms with E-state index in [4.69, 9.17) is 0 Å². The third-order valence-corrected chi connectivity index (χ3v) is 5.90. The molecule has 10 nitrogen and oxygen atoms in total. The van der Waals surface area contributed by atoms with Gasteiger partial charge in [0.15, 0.2) is 0 Å². The van der Waals surface area contributed by atoms with E-state index in [9.17, 15) is 18.8 Å². The summed E-state index contributed by atoms with van der Waals surface area (Å²) in [6.07, 6.45) is 1.00. The molecule has 2 N–H and O–H groups in total. The predicted molar refractivity (Wildman–Crippen MR) is 120 cm³/mol. The van der Waals surface area contributed by atoms with Crippen LogP contribution in [0.4, 0.5) is 10.2 Å². The molecule has 1 saturated heterocycles. The molecule has 2 aliphatic rings. The Morgan fingerprint density at radius 2 is 2.06 bits per heavy atom. The molecule has 1 fully saturated rings. The lowest BCUT2D eigenvalue weighted by Crippen LogP contribution is -2.40. The minimum atomic E-state index is -0.514. The van der Waals surface area contributed by atoms with Gasteiger partial charge in [0.2, 0.25) is 5.91 Å². The predicted octanol–water partition coefficient (Wildman–Crippen LogP) is 1.14. The number of carbonyl (C=O) groups is 2. The zero-order valence-electron chi connectivity index (χ0n) is 18.0. The van der Waals surface area contributed by atoms with Crippen molar-refractivity contribution in [2.75, 3.05) is 18.4 Å². The van der Waals surface area contributed by atoms with Crippen LogP contribution in [0.15, 0.2) is 29.2 Å². The second-order valence-electron chi connectivity index (χ2n) is 8.35. The van der Waals surface area contributed by atoms with Crippen LogP contribution in [0.3, 0.4) is 0 Å². The Labute approximate surface area is 194 Å². The summed E-state index contributed by atoms with van der Waals surface area (Å²) in [7, 11) is 0. The fourth-order valence-corrected chi connectivity index (χ4v) is 4.05. The summed E-state index contributed by atoms with van der Waals surface area (Å²) in [4.78, 5) is 44.6. The van der Waals surface area contributed by atoms with Gasteiger partial charge in [0.05, 0.1) is 24.0 Å². The number of rotatable bonds is 5. The van der Waals surface area contributed by atoms with Crippen molar-refractivity contribution in [3.05, 3.63) is 57.5 Å². The smallest absolute Gasteiger partial charge is 0.280 e. The lowest BCUT2D eigenvalue weighted by atomic mass is 10.00. The molecule has 2 aliphatic heterocycles. The van der Waals surface area contributed by atoms with Gasteiger partial charge in [-0.1, -0.05) is 0 Å². The summed E-state index contributed by atoms with van der Waals surface area (Å²) < 4.78 is 15.9. The van der Waals surface area contributed by atoms with E-state index in [2.05, 4.69) is 20.7 Å². The second kappa shape index (κ2) is 8.56. The van der Waals surface area contributed by atoms with Crippen LogP contribution in [0.2, 0.25) is 0 Å². The number of pyridine rings is 1. The van der Waals surface area contributed by atoms with E-state index in [1.165, 1.54) is 16.6 Å². The number of fused-ring (bicyclic) bond motifs is 2. The molecule has 0 saturated carbocycles. The van der Waals surface area contributed by atoms with Gasteiger partial charge in [0.1, 0.15) is 29.5 Å². The first-order chi connectivity index (χ1) is 15.3. The van der Waals surface area contributed by atoms with E-state index < -0.39 is 11.7 Å². The lowest BCUT2D eigenvalue weighted by Gasteiger charge is -2.24. The molecule has 3 aromatic rings. The second-order valence-corrected chi connectivity index (χ2v) is 8.35. The summed E-state index contributed by atoms with van der Waals surface area (Å²) in [6, 6.07) is 4.20. The van der Waals surface area contributed by atoms with Crippen LogP contribution < -0.4 is 16.2 Å². The van der Waals surface area contributed by atoms with Crippen molar-refractivity contribution in [1.29, 1.82) is 0 Å². The first-order valence-corrected chi connectivity index (χ1v) is 10.4. The summed E-state index contributed by atoms with van der Waals surface area (Å²) in [5, 5.41) is 10.3. The molecule has 174 valence electrons. The molecule has 0 atom stereocenters. The summed E-state index contributed by atoms with van der Waals surface area (Å²) >= 11 is 0. The molecule has 5 rings (SSSR count). The number of hydrogen-bond acceptors (Lipinski definition) is 6. The van der Waals surface area contributed by atoms with Gasteiger partial charge in [0.25, 0.3) is 11.5 Å². The highest BCUT2D eigenvalue weighted by Crippen LogP contribution is 2.26. The third kappa shape index (κ3) is 3.87. The number of anilines is 1. The normalized spacial score (nSPS) is 15.5. The molecule has 5 heterocycles. The third-order valence-electron chi connectivity index (χ3n) is 5.90. The molecule has 0 aromatic carbocycles. The van der Waals surface area contributed by atoms with Crippen molar-refractivity contribution in [1.82, 2.24) is 29.4 Å². The Bertz CT molecular complexity index is 1300. The van der Waals surface area contributed by atoms with Gasteiger partial charge in [-0.15, -0.1) is 12.4 Å². The first-order valence-electron chi connectivity index (χ1n) is 10.4. The number of nitrogens with one attached hydrogen (secondary N) is 2. The van der Waals surface area contributed by atoms with Crippen LogP contribution in [0, 0.1) is 5.82 Å². The molecule has 0 bridgehead atoms. The molecular weight excluding hydrogens is 453 g/mol. The maximum atomic E-state index is 13.2. The van der Waals surface area contributed by atoms with E-state index in [0.29, 0.717) is 11.2 Å². The van der Waals surface area contributed by atoms with Crippen molar-refractivity contribution >= 4 is 35.7 Å². The Morgan fingerprint density at radius 3 is 2.67 bits per heavy atom. The molecule has 33 heavy (non-hydrogen) atoms. The van der Waals surface area contributed by atoms with Crippen molar-refractivity contribution in [2.45, 2.75) is 38.9 Å². The highest BCUT2D eigenvalue weighted by Gasteiger charge is 2.36. The molecule has 0 aliphatic carbocycles. The zero-order chi connectivity index (χ0) is 22.6. The topological polar surface area (TPSA) is 114 Å². The molecular formula is C21H23ClFN7O3. The summed E-state index contributed by atoms with van der Waals surface area (Å²) in [5.74, 6) is -0.900. The van der Waals surface area contributed by atoms with Crippen LogP contribution in [0.25, 0.3) is 5.65 Å². The Balaban J connectivity index is 0.00000259. The molecule has 0 radical (unpaired) electrons. The fourth-order valence-electron chi connectivity index (χ4n) is 4.05. The van der Waals surface area contributed by atoms with Crippen LogP contribution in [-0.4, -0.2) is 55.0 Å². The maximum absolute atomic E-state index is 13.2. The monoisotopic (exact) mass is 475 g/mol. The standard InChI is InChI=1S/C21H22FN7O3.ClH/c1-11(2)27-9-14-19(21(27)32)28(10-17(30)25-16-4-3-13(22)8-24-16)18-5-15(12-6-23-7-12)26-29(18)20(14)31;/h3-5,8,11-12,23H,6-7,9-10H2,1-2H3,(H,24,25,30);1H. The van der Waals surface area contributed by atoms with E-state index in [1.807, 2.05) is 13.8 Å². The zero-order valence-corrected chi connectivity index (χ0v) is 18.9. The van der Waals surface area contributed by atoms with Crippen LogP contribution in [-0.2, 0) is 17.9 Å². The average Bonchev–Trinajstić information content (AvgIpc) is 3.28. The van der Waals surface area contributed by atoms with Crippen LogP contribution in [0.1, 0.15) is 41.5 Å². The molecule has 3 aromatic heterocycles. The van der Waals surface area contributed by atoms with Gasteiger partial charge in [0, 0.05) is 31.1 Å². The summed E-state index contributed by atoms with van der Waals surface area (Å²) in [5.41, 5.74) is 1.31. The van der Waals surface area contributed by atoms with Crippen molar-refractivity contribution in [3.63, 3.8) is 0 Å². The number of carbonyl (C=O) groups excluding carboxylic acids is 2.